The molecular weight excluding hydrogens is 174 g/mol. The Bertz CT molecular complexity index is 140. The van der Waals surface area contributed by atoms with Gasteiger partial charge in [-0.05, 0) is 0 Å². The lowest BCUT2D eigenvalue weighted by atomic mass is 10.6. The second-order valence-corrected chi connectivity index (χ2v) is 2.52. The molecule has 13 heavy (non-hydrogen) atoms. The summed E-state index contributed by atoms with van der Waals surface area (Å²) < 4.78 is 14.4. The fourth-order valence-electron chi connectivity index (χ4n) is 0.642. The highest BCUT2D eigenvalue weighted by Crippen LogP contribution is 1.89. The molecule has 0 aliphatic carbocycles. The number of hydrogen-bond donors (Lipinski definition) is 0. The number of methoxy groups -OCH3 is 2. The van der Waals surface area contributed by atoms with Crippen LogP contribution >= 0.6 is 0 Å². The van der Waals surface area contributed by atoms with E-state index in [-0.39, 0.29) is 12.7 Å². The maximum atomic E-state index is 11.1. The summed E-state index contributed by atoms with van der Waals surface area (Å²) >= 11 is 0. The van der Waals surface area contributed by atoms with Gasteiger partial charge in [-0.2, -0.15) is 0 Å². The van der Waals surface area contributed by atoms with Gasteiger partial charge in [0.1, 0.15) is 6.61 Å². The standard InChI is InChI=1S/C8H17NO4/c1-9(4-5-11-2)8(10)13-7-6-12-3/h4-7H2,1-3H3. The number of carbonyl (C=O) groups is 1. The molecule has 5 heteroatoms. The zero-order valence-corrected chi connectivity index (χ0v) is 8.41. The Balaban J connectivity index is 3.45. The van der Waals surface area contributed by atoms with Crippen molar-refractivity contribution >= 4 is 6.09 Å². The van der Waals surface area contributed by atoms with Crippen LogP contribution in [0, 0.1) is 0 Å². The lowest BCUT2D eigenvalue weighted by Gasteiger charge is -2.15. The van der Waals surface area contributed by atoms with Crippen molar-refractivity contribution < 1.29 is 19.0 Å². The number of rotatable bonds is 6. The highest BCUT2D eigenvalue weighted by molar-refractivity contribution is 5.67. The van der Waals surface area contributed by atoms with Crippen LogP contribution in [0.3, 0.4) is 0 Å². The first-order valence-electron chi connectivity index (χ1n) is 4.08. The average Bonchev–Trinajstić information content (AvgIpc) is 2.14. The second kappa shape index (κ2) is 7.82. The molecule has 0 radical (unpaired) electrons. The number of carbonyl (C=O) groups excluding carboxylic acids is 1. The molecule has 5 nitrogen and oxygen atoms in total. The molecule has 0 aromatic carbocycles. The van der Waals surface area contributed by atoms with Crippen molar-refractivity contribution in [2.45, 2.75) is 0 Å². The third-order valence-electron chi connectivity index (χ3n) is 1.46. The first kappa shape index (κ1) is 12.2. The van der Waals surface area contributed by atoms with Crippen LogP contribution in [0.2, 0.25) is 0 Å². The van der Waals surface area contributed by atoms with Gasteiger partial charge in [0.05, 0.1) is 13.2 Å². The molecule has 0 heterocycles. The Labute approximate surface area is 78.6 Å². The maximum Gasteiger partial charge on any atom is 0.409 e. The van der Waals surface area contributed by atoms with E-state index in [2.05, 4.69) is 0 Å². The molecule has 0 aromatic heterocycles. The quantitative estimate of drug-likeness (QED) is 0.568. The predicted octanol–water partition coefficient (Wildman–Crippen LogP) is 0.348. The van der Waals surface area contributed by atoms with Crippen molar-refractivity contribution in [3.8, 4) is 0 Å². The zero-order chi connectivity index (χ0) is 10.1. The van der Waals surface area contributed by atoms with Crippen molar-refractivity contribution in [3.05, 3.63) is 0 Å². The van der Waals surface area contributed by atoms with E-state index < -0.39 is 0 Å². The van der Waals surface area contributed by atoms with Gasteiger partial charge in [-0.1, -0.05) is 0 Å². The number of ether oxygens (including phenoxy) is 3. The maximum absolute atomic E-state index is 11.1. The molecule has 78 valence electrons. The molecule has 0 fully saturated rings. The van der Waals surface area contributed by atoms with Crippen molar-refractivity contribution in [1.82, 2.24) is 4.90 Å². The molecule has 0 saturated carbocycles. The van der Waals surface area contributed by atoms with Gasteiger partial charge in [-0.3, -0.25) is 0 Å². The minimum Gasteiger partial charge on any atom is -0.447 e. The largest absolute Gasteiger partial charge is 0.447 e. The Morgan fingerprint density at radius 3 is 2.31 bits per heavy atom. The Morgan fingerprint density at radius 2 is 1.77 bits per heavy atom. The fourth-order valence-corrected chi connectivity index (χ4v) is 0.642. The van der Waals surface area contributed by atoms with Crippen LogP contribution in [-0.4, -0.2) is 58.6 Å². The minimum atomic E-state index is -0.353. The highest BCUT2D eigenvalue weighted by atomic mass is 16.6. The third-order valence-corrected chi connectivity index (χ3v) is 1.46. The molecule has 0 unspecified atom stereocenters. The van der Waals surface area contributed by atoms with E-state index in [1.54, 1.807) is 21.3 Å². The first-order valence-corrected chi connectivity index (χ1v) is 4.08. The predicted molar refractivity (Wildman–Crippen MR) is 47.7 cm³/mol. The SMILES string of the molecule is COCCOC(=O)N(C)CCOC. The van der Waals surface area contributed by atoms with Gasteiger partial charge in [0, 0.05) is 27.8 Å². The topological polar surface area (TPSA) is 48.0 Å². The van der Waals surface area contributed by atoms with Crippen LogP contribution in [0.5, 0.6) is 0 Å². The molecule has 0 N–H and O–H groups in total. The summed E-state index contributed by atoms with van der Waals surface area (Å²) in [5, 5.41) is 0. The summed E-state index contributed by atoms with van der Waals surface area (Å²) in [4.78, 5) is 12.6. The lowest BCUT2D eigenvalue weighted by Crippen LogP contribution is -2.31. The second-order valence-electron chi connectivity index (χ2n) is 2.52. The van der Waals surface area contributed by atoms with Crippen LogP contribution in [0.4, 0.5) is 4.79 Å². The molecule has 0 aromatic rings. The Morgan fingerprint density at radius 1 is 1.15 bits per heavy atom. The highest BCUT2D eigenvalue weighted by Gasteiger charge is 2.08. The molecule has 0 atom stereocenters. The van der Waals surface area contributed by atoms with E-state index >= 15 is 0 Å². The normalized spacial score (nSPS) is 9.77. The summed E-state index contributed by atoms with van der Waals surface area (Å²) in [6.07, 6.45) is -0.353. The summed E-state index contributed by atoms with van der Waals surface area (Å²) in [5.74, 6) is 0. The molecule has 0 saturated heterocycles. The van der Waals surface area contributed by atoms with Gasteiger partial charge in [-0.15, -0.1) is 0 Å². The summed E-state index contributed by atoms with van der Waals surface area (Å²) in [6.45, 7) is 1.74. The summed E-state index contributed by atoms with van der Waals surface area (Å²) in [7, 11) is 4.81. The fraction of sp³-hybridized carbons (Fsp3) is 0.875. The van der Waals surface area contributed by atoms with Crippen LogP contribution in [0.1, 0.15) is 0 Å². The van der Waals surface area contributed by atoms with Gasteiger partial charge >= 0.3 is 6.09 Å². The van der Waals surface area contributed by atoms with E-state index in [0.29, 0.717) is 19.8 Å². The Hall–Kier alpha value is -0.810. The van der Waals surface area contributed by atoms with Gasteiger partial charge in [0.25, 0.3) is 0 Å². The summed E-state index contributed by atoms with van der Waals surface area (Å²) in [5.41, 5.74) is 0. The van der Waals surface area contributed by atoms with Crippen LogP contribution in [0.25, 0.3) is 0 Å². The molecule has 1 amide bonds. The Kier molecular flexibility index (Phi) is 7.33. The van der Waals surface area contributed by atoms with Gasteiger partial charge in [0.2, 0.25) is 0 Å². The van der Waals surface area contributed by atoms with Gasteiger partial charge < -0.3 is 19.1 Å². The lowest BCUT2D eigenvalue weighted by molar-refractivity contribution is 0.0705. The van der Waals surface area contributed by atoms with Crippen LogP contribution in [0.15, 0.2) is 0 Å². The average molecular weight is 191 g/mol. The van der Waals surface area contributed by atoms with Crippen molar-refractivity contribution in [2.24, 2.45) is 0 Å². The molecule has 0 aliphatic heterocycles. The number of likely N-dealkylation sites (N-methyl/N-ethyl adjacent to an activating group) is 1. The van der Waals surface area contributed by atoms with E-state index in [0.717, 1.165) is 0 Å². The van der Waals surface area contributed by atoms with E-state index in [1.807, 2.05) is 0 Å². The molecule has 0 spiro atoms. The molecular formula is C8H17NO4. The van der Waals surface area contributed by atoms with Gasteiger partial charge in [0.15, 0.2) is 0 Å². The number of nitrogens with zero attached hydrogens (tertiary/aromatic N) is 1. The third kappa shape index (κ3) is 6.36. The van der Waals surface area contributed by atoms with E-state index in [9.17, 15) is 4.79 Å². The van der Waals surface area contributed by atoms with E-state index in [4.69, 9.17) is 14.2 Å². The van der Waals surface area contributed by atoms with Crippen molar-refractivity contribution in [3.63, 3.8) is 0 Å². The number of amides is 1. The van der Waals surface area contributed by atoms with Crippen molar-refractivity contribution in [1.29, 1.82) is 0 Å². The zero-order valence-electron chi connectivity index (χ0n) is 8.41. The molecule has 0 aliphatic rings. The first-order chi connectivity index (χ1) is 6.22. The van der Waals surface area contributed by atoms with Gasteiger partial charge in [-0.25, -0.2) is 4.79 Å². The minimum absolute atomic E-state index is 0.284. The van der Waals surface area contributed by atoms with Crippen LogP contribution in [-0.2, 0) is 14.2 Å². The van der Waals surface area contributed by atoms with Crippen molar-refractivity contribution in [2.75, 3.05) is 47.6 Å². The van der Waals surface area contributed by atoms with E-state index in [1.165, 1.54) is 4.90 Å². The monoisotopic (exact) mass is 191 g/mol. The van der Waals surface area contributed by atoms with Crippen LogP contribution < -0.4 is 0 Å². The number of hydrogen-bond acceptors (Lipinski definition) is 4. The molecule has 0 bridgehead atoms. The summed E-state index contributed by atoms with van der Waals surface area (Å²) in [6, 6.07) is 0. The molecule has 0 rings (SSSR count). The smallest absolute Gasteiger partial charge is 0.409 e.